The van der Waals surface area contributed by atoms with E-state index in [0.717, 1.165) is 6.04 Å². The zero-order valence-corrected chi connectivity index (χ0v) is 12.9. The predicted molar refractivity (Wildman–Crippen MR) is 78.7 cm³/mol. The lowest BCUT2D eigenvalue weighted by Gasteiger charge is -2.25. The number of halogens is 1. The van der Waals surface area contributed by atoms with Crippen LogP contribution in [0.5, 0.6) is 0 Å². The van der Waals surface area contributed by atoms with Crippen LogP contribution in [0.3, 0.4) is 0 Å². The molecule has 0 saturated carbocycles. The third-order valence-corrected chi connectivity index (χ3v) is 7.96. The van der Waals surface area contributed by atoms with Crippen molar-refractivity contribution < 1.29 is 4.43 Å². The average Bonchev–Trinajstić information content (AvgIpc) is 2.63. The van der Waals surface area contributed by atoms with E-state index in [1.807, 2.05) is 31.2 Å². The van der Waals surface area contributed by atoms with Crippen molar-refractivity contribution in [2.24, 2.45) is 0 Å². The smallest absolute Gasteiger partial charge is 0.377 e. The summed E-state index contributed by atoms with van der Waals surface area (Å²) < 4.78 is 8.48. The highest BCUT2D eigenvalue weighted by Gasteiger charge is 2.51. The van der Waals surface area contributed by atoms with Crippen LogP contribution in [0.1, 0.15) is 25.5 Å². The van der Waals surface area contributed by atoms with Gasteiger partial charge in [0, 0.05) is 12.1 Å². The summed E-state index contributed by atoms with van der Waals surface area (Å²) in [6.45, 7) is 4.20. The number of hydrogen-bond donors (Lipinski definition) is 0. The minimum Gasteiger partial charge on any atom is -0.383 e. The number of hydrogen-bond acceptors (Lipinski definition) is 2. The van der Waals surface area contributed by atoms with Crippen LogP contribution >= 0.6 is 11.1 Å². The molecule has 98 valence electrons. The Morgan fingerprint density at radius 1 is 1.39 bits per heavy atom. The molecule has 1 fully saturated rings. The fraction of sp³-hybridized carbons (Fsp3) is 0.429. The first kappa shape index (κ1) is 13.8. The minimum absolute atomic E-state index is 0.0885. The second-order valence-electron chi connectivity index (χ2n) is 4.76. The fourth-order valence-corrected chi connectivity index (χ4v) is 5.89. The van der Waals surface area contributed by atoms with Gasteiger partial charge in [-0.1, -0.05) is 42.5 Å². The molecular weight excluding hydrogens is 262 g/mol. The highest BCUT2D eigenvalue weighted by atomic mass is 35.6. The summed E-state index contributed by atoms with van der Waals surface area (Å²) in [5, 5.41) is 0. The van der Waals surface area contributed by atoms with Gasteiger partial charge >= 0.3 is 7.79 Å². The summed E-state index contributed by atoms with van der Waals surface area (Å²) in [7, 11) is -0.221. The fourth-order valence-electron chi connectivity index (χ4n) is 2.33. The van der Waals surface area contributed by atoms with Crippen molar-refractivity contribution in [3.05, 3.63) is 48.0 Å². The van der Waals surface area contributed by atoms with Gasteiger partial charge in [-0.05, 0) is 26.5 Å². The molecule has 3 atom stereocenters. The van der Waals surface area contributed by atoms with E-state index in [9.17, 15) is 0 Å². The van der Waals surface area contributed by atoms with Crippen molar-refractivity contribution in [2.45, 2.75) is 32.0 Å². The second kappa shape index (κ2) is 5.57. The first-order valence-corrected chi connectivity index (χ1v) is 9.41. The zero-order valence-electron chi connectivity index (χ0n) is 11.1. The summed E-state index contributed by atoms with van der Waals surface area (Å²) in [5.41, 5.74) is 1.22. The van der Waals surface area contributed by atoms with E-state index in [0.29, 0.717) is 6.04 Å². The standard InChI is InChI=1S/C14H20ClNOSi/c1-4-5-11-18(15)16(3)12(2)14(17-18)13-9-7-6-8-10-13/h4-10,12,14H,11H2,1-3H3/b5-4+/t12-,14+,18?/m0/s1. The van der Waals surface area contributed by atoms with Crippen LogP contribution in [0.15, 0.2) is 42.5 Å². The third kappa shape index (κ3) is 2.54. The normalized spacial score (nSPS) is 33.3. The van der Waals surface area contributed by atoms with Crippen molar-refractivity contribution >= 4 is 18.9 Å². The third-order valence-electron chi connectivity index (χ3n) is 3.62. The Bertz CT molecular complexity index is 425. The van der Waals surface area contributed by atoms with E-state index in [1.54, 1.807) is 0 Å². The van der Waals surface area contributed by atoms with Crippen molar-refractivity contribution in [2.75, 3.05) is 7.05 Å². The first-order valence-electron chi connectivity index (χ1n) is 6.34. The summed E-state index contributed by atoms with van der Waals surface area (Å²) in [5.74, 6) is 0. The van der Waals surface area contributed by atoms with Gasteiger partial charge in [0.15, 0.2) is 0 Å². The number of allylic oxidation sites excluding steroid dienone is 2. The van der Waals surface area contributed by atoms with Gasteiger partial charge in [-0.15, -0.1) is 11.1 Å². The van der Waals surface area contributed by atoms with Crippen molar-refractivity contribution in [1.29, 1.82) is 0 Å². The Kier molecular flexibility index (Phi) is 4.28. The van der Waals surface area contributed by atoms with Crippen LogP contribution in [0.25, 0.3) is 0 Å². The summed E-state index contributed by atoms with van der Waals surface area (Å²) >= 11 is 6.73. The highest BCUT2D eigenvalue weighted by Crippen LogP contribution is 2.41. The van der Waals surface area contributed by atoms with Crippen LogP contribution in [0, 0.1) is 0 Å². The van der Waals surface area contributed by atoms with Gasteiger partial charge in [-0.2, -0.15) is 0 Å². The monoisotopic (exact) mass is 281 g/mol. The molecule has 0 bridgehead atoms. The van der Waals surface area contributed by atoms with Crippen molar-refractivity contribution in [1.82, 2.24) is 4.57 Å². The van der Waals surface area contributed by atoms with Crippen LogP contribution in [0.2, 0.25) is 6.04 Å². The topological polar surface area (TPSA) is 12.5 Å². The van der Waals surface area contributed by atoms with E-state index in [1.165, 1.54) is 5.56 Å². The quantitative estimate of drug-likeness (QED) is 0.474. The summed E-state index contributed by atoms with van der Waals surface area (Å²) in [6.07, 6.45) is 4.23. The Hall–Kier alpha value is -0.613. The first-order chi connectivity index (χ1) is 8.58. The van der Waals surface area contributed by atoms with E-state index in [-0.39, 0.29) is 6.10 Å². The van der Waals surface area contributed by atoms with E-state index in [2.05, 4.69) is 36.7 Å². The van der Waals surface area contributed by atoms with Crippen molar-refractivity contribution in [3.8, 4) is 0 Å². The van der Waals surface area contributed by atoms with Gasteiger partial charge in [-0.3, -0.25) is 4.57 Å². The number of rotatable bonds is 3. The predicted octanol–water partition coefficient (Wildman–Crippen LogP) is 3.83. The molecule has 2 rings (SSSR count). The molecule has 1 aromatic carbocycles. The molecule has 1 aliphatic rings. The largest absolute Gasteiger partial charge is 0.383 e. The van der Waals surface area contributed by atoms with Gasteiger partial charge < -0.3 is 4.43 Å². The van der Waals surface area contributed by atoms with E-state index in [4.69, 9.17) is 15.5 Å². The molecule has 1 saturated heterocycles. The van der Waals surface area contributed by atoms with Gasteiger partial charge in [0.1, 0.15) is 0 Å². The van der Waals surface area contributed by atoms with Crippen LogP contribution in [0.4, 0.5) is 0 Å². The number of likely N-dealkylation sites (N-methyl/N-ethyl adjacent to an activating group) is 1. The molecule has 0 radical (unpaired) electrons. The number of benzene rings is 1. The molecule has 1 heterocycles. The second-order valence-corrected chi connectivity index (χ2v) is 9.26. The van der Waals surface area contributed by atoms with Crippen LogP contribution < -0.4 is 0 Å². The van der Waals surface area contributed by atoms with Gasteiger partial charge in [0.2, 0.25) is 0 Å². The SMILES string of the molecule is C/C=C/C[Si]1(Cl)O[C@@H](c2ccccc2)[C@H](C)N1C. The summed E-state index contributed by atoms with van der Waals surface area (Å²) in [4.78, 5) is 0. The molecule has 1 unspecified atom stereocenters. The maximum Gasteiger partial charge on any atom is 0.377 e. The average molecular weight is 282 g/mol. The molecule has 1 aliphatic heterocycles. The zero-order chi connectivity index (χ0) is 13.2. The Morgan fingerprint density at radius 2 is 2.06 bits per heavy atom. The molecule has 0 aliphatic carbocycles. The highest BCUT2D eigenvalue weighted by molar-refractivity contribution is 7.15. The van der Waals surface area contributed by atoms with E-state index >= 15 is 0 Å². The Balaban J connectivity index is 2.22. The minimum atomic E-state index is -2.30. The molecule has 0 amide bonds. The van der Waals surface area contributed by atoms with Crippen molar-refractivity contribution in [3.63, 3.8) is 0 Å². The van der Waals surface area contributed by atoms with Gasteiger partial charge in [-0.25, -0.2) is 0 Å². The molecular formula is C14H20ClNOSi. The molecule has 0 N–H and O–H groups in total. The number of nitrogens with zero attached hydrogens (tertiary/aromatic N) is 1. The molecule has 0 aromatic heterocycles. The van der Waals surface area contributed by atoms with Crippen LogP contribution in [-0.2, 0) is 4.43 Å². The Morgan fingerprint density at radius 3 is 2.67 bits per heavy atom. The lowest BCUT2D eigenvalue weighted by molar-refractivity contribution is 0.207. The molecule has 2 nitrogen and oxygen atoms in total. The van der Waals surface area contributed by atoms with Crippen LogP contribution in [-0.4, -0.2) is 25.4 Å². The lowest BCUT2D eigenvalue weighted by Crippen LogP contribution is -2.44. The molecule has 1 aromatic rings. The van der Waals surface area contributed by atoms with E-state index < -0.39 is 7.79 Å². The summed E-state index contributed by atoms with van der Waals surface area (Å²) in [6, 6.07) is 11.5. The van der Waals surface area contributed by atoms with Gasteiger partial charge in [0.25, 0.3) is 0 Å². The molecule has 18 heavy (non-hydrogen) atoms. The maximum absolute atomic E-state index is 6.73. The lowest BCUT2D eigenvalue weighted by atomic mass is 10.0. The molecule has 0 spiro atoms. The maximum atomic E-state index is 6.73. The molecule has 4 heteroatoms. The van der Waals surface area contributed by atoms with Gasteiger partial charge in [0.05, 0.1) is 6.10 Å². The Labute approximate surface area is 115 Å².